The Kier molecular flexibility index (Phi) is 4.12. The van der Waals surface area contributed by atoms with E-state index in [1.54, 1.807) is 6.07 Å². The number of carbonyl (C=O) groups excluding carboxylic acids is 1. The van der Waals surface area contributed by atoms with E-state index < -0.39 is 6.10 Å². The molecule has 1 aromatic heterocycles. The number of carbonyl (C=O) groups is 1. The fourth-order valence-electron chi connectivity index (χ4n) is 3.05. The molecule has 1 unspecified atom stereocenters. The average molecular weight is 352 g/mol. The fourth-order valence-corrected chi connectivity index (χ4v) is 3.05. The third kappa shape index (κ3) is 3.03. The first kappa shape index (κ1) is 16.3. The summed E-state index contributed by atoms with van der Waals surface area (Å²) in [6.45, 7) is 0.668. The number of nitrogen functional groups attached to an aromatic ring is 1. The molecule has 0 saturated heterocycles. The number of hydrogen-bond donors (Lipinski definition) is 2. The number of aryl methyl sites for hydroxylation is 1. The lowest BCUT2D eigenvalue weighted by molar-refractivity contribution is -0.130. The number of nitrogens with zero attached hydrogens (tertiary/aromatic N) is 2. The zero-order valence-corrected chi connectivity index (χ0v) is 14.4. The lowest BCUT2D eigenvalue weighted by atomic mass is 10.2. The third-order valence-electron chi connectivity index (χ3n) is 4.45. The van der Waals surface area contributed by atoms with Gasteiger partial charge in [-0.15, -0.1) is 0 Å². The smallest absolute Gasteiger partial charge is 0.264 e. The number of nitrogens with two attached hydrogens (primary N) is 1. The molecule has 2 heterocycles. The summed E-state index contributed by atoms with van der Waals surface area (Å²) in [5, 5.41) is 2.89. The number of hydrogen-bond acceptors (Lipinski definition) is 5. The van der Waals surface area contributed by atoms with Gasteiger partial charge in [0.2, 0.25) is 6.10 Å². The quantitative estimate of drug-likeness (QED) is 0.697. The number of nitrogens with one attached hydrogen (secondary N) is 1. The molecule has 0 aliphatic carbocycles. The summed E-state index contributed by atoms with van der Waals surface area (Å²) in [5.74, 6) is 1.95. The Hall–Kier alpha value is -3.22. The maximum Gasteiger partial charge on any atom is 0.264 e. The highest BCUT2D eigenvalue weighted by atomic mass is 16.6. The molecule has 1 aliphatic rings. The van der Waals surface area contributed by atoms with Crippen molar-refractivity contribution in [1.29, 1.82) is 0 Å². The predicted molar refractivity (Wildman–Crippen MR) is 98.2 cm³/mol. The number of fused-ring (bicyclic) bond motifs is 2. The van der Waals surface area contributed by atoms with Gasteiger partial charge in [-0.25, -0.2) is 4.98 Å². The van der Waals surface area contributed by atoms with Crippen LogP contribution < -0.4 is 20.5 Å². The molecular formula is C19H20N4O3. The number of rotatable bonds is 4. The van der Waals surface area contributed by atoms with Crippen molar-refractivity contribution in [2.75, 3.05) is 18.9 Å². The summed E-state index contributed by atoms with van der Waals surface area (Å²) in [6.07, 6.45) is -0.0359. The number of anilines is 1. The predicted octanol–water partition coefficient (Wildman–Crippen LogP) is 1.65. The van der Waals surface area contributed by atoms with E-state index in [-0.39, 0.29) is 12.5 Å². The molecule has 7 heteroatoms. The van der Waals surface area contributed by atoms with Crippen LogP contribution in [-0.4, -0.2) is 34.7 Å². The van der Waals surface area contributed by atoms with Crippen LogP contribution in [-0.2, 0) is 18.3 Å². The summed E-state index contributed by atoms with van der Waals surface area (Å²) in [7, 11) is 1.96. The first-order valence-corrected chi connectivity index (χ1v) is 8.49. The van der Waals surface area contributed by atoms with Crippen LogP contribution in [0.1, 0.15) is 5.82 Å². The highest BCUT2D eigenvalue weighted by Gasteiger charge is 2.26. The molecule has 3 N–H and O–H groups in total. The number of para-hydroxylation sites is 2. The fraction of sp³-hybridized carbons (Fsp3) is 0.263. The highest BCUT2D eigenvalue weighted by molar-refractivity contribution is 5.82. The van der Waals surface area contributed by atoms with Crippen molar-refractivity contribution >= 4 is 22.6 Å². The summed E-state index contributed by atoms with van der Waals surface area (Å²) in [6, 6.07) is 13.0. The van der Waals surface area contributed by atoms with Gasteiger partial charge < -0.3 is 25.1 Å². The molecule has 7 nitrogen and oxygen atoms in total. The minimum Gasteiger partial charge on any atom is -0.485 e. The molecule has 2 aromatic carbocycles. The van der Waals surface area contributed by atoms with Crippen molar-refractivity contribution < 1.29 is 14.3 Å². The number of imidazole rings is 1. The van der Waals surface area contributed by atoms with Crippen molar-refractivity contribution in [3.63, 3.8) is 0 Å². The molecule has 1 aliphatic heterocycles. The van der Waals surface area contributed by atoms with Crippen LogP contribution in [0.2, 0.25) is 0 Å². The van der Waals surface area contributed by atoms with E-state index in [2.05, 4.69) is 10.3 Å². The molecule has 3 aromatic rings. The van der Waals surface area contributed by atoms with E-state index >= 15 is 0 Å². The summed E-state index contributed by atoms with van der Waals surface area (Å²) < 4.78 is 13.3. The van der Waals surface area contributed by atoms with Gasteiger partial charge in [0.25, 0.3) is 5.91 Å². The number of amides is 1. The van der Waals surface area contributed by atoms with Crippen molar-refractivity contribution in [2.24, 2.45) is 7.05 Å². The monoisotopic (exact) mass is 352 g/mol. The van der Waals surface area contributed by atoms with E-state index in [0.717, 1.165) is 16.9 Å². The molecule has 0 bridgehead atoms. The van der Waals surface area contributed by atoms with E-state index in [1.165, 1.54) is 0 Å². The van der Waals surface area contributed by atoms with Crippen LogP contribution in [0, 0.1) is 0 Å². The van der Waals surface area contributed by atoms with E-state index in [4.69, 9.17) is 15.2 Å². The van der Waals surface area contributed by atoms with Crippen molar-refractivity contribution in [3.05, 3.63) is 48.3 Å². The molecule has 1 atom stereocenters. The van der Waals surface area contributed by atoms with Gasteiger partial charge in [-0.05, 0) is 30.3 Å². The van der Waals surface area contributed by atoms with Gasteiger partial charge in [0.1, 0.15) is 12.4 Å². The van der Waals surface area contributed by atoms with Gasteiger partial charge in [-0.1, -0.05) is 12.1 Å². The lowest BCUT2D eigenvalue weighted by Crippen LogP contribution is -2.44. The van der Waals surface area contributed by atoms with Crippen LogP contribution in [0.3, 0.4) is 0 Å². The second-order valence-corrected chi connectivity index (χ2v) is 6.24. The van der Waals surface area contributed by atoms with E-state index in [0.29, 0.717) is 30.2 Å². The standard InChI is InChI=1S/C19H20N4O3/c1-23-14-7-6-12(20)10-13(14)22-18(23)8-9-21-19(24)17-11-25-15-4-2-3-5-16(15)26-17/h2-7,10,17H,8-9,11,20H2,1H3,(H,21,24). The minimum atomic E-state index is -0.648. The van der Waals surface area contributed by atoms with Gasteiger partial charge in [-0.3, -0.25) is 4.79 Å². The minimum absolute atomic E-state index is 0.192. The maximum absolute atomic E-state index is 12.3. The zero-order valence-electron chi connectivity index (χ0n) is 14.4. The molecular weight excluding hydrogens is 332 g/mol. The Labute approximate surface area is 150 Å². The molecule has 134 valence electrons. The molecule has 26 heavy (non-hydrogen) atoms. The molecule has 0 saturated carbocycles. The molecule has 0 fully saturated rings. The maximum atomic E-state index is 12.3. The molecule has 0 radical (unpaired) electrons. The van der Waals surface area contributed by atoms with Crippen molar-refractivity contribution in [3.8, 4) is 11.5 Å². The number of ether oxygens (including phenoxy) is 2. The lowest BCUT2D eigenvalue weighted by Gasteiger charge is -2.25. The third-order valence-corrected chi connectivity index (χ3v) is 4.45. The average Bonchev–Trinajstić information content (AvgIpc) is 2.96. The summed E-state index contributed by atoms with van der Waals surface area (Å²) in [5.41, 5.74) is 8.36. The van der Waals surface area contributed by atoms with Crippen molar-refractivity contribution in [2.45, 2.75) is 12.5 Å². The van der Waals surface area contributed by atoms with Gasteiger partial charge in [0.05, 0.1) is 11.0 Å². The largest absolute Gasteiger partial charge is 0.485 e. The topological polar surface area (TPSA) is 91.4 Å². The molecule has 0 spiro atoms. The van der Waals surface area contributed by atoms with Gasteiger partial charge in [-0.2, -0.15) is 0 Å². The van der Waals surface area contributed by atoms with Gasteiger partial charge in [0.15, 0.2) is 11.5 Å². The number of benzene rings is 2. The Morgan fingerprint density at radius 3 is 2.96 bits per heavy atom. The van der Waals surface area contributed by atoms with E-state index in [9.17, 15) is 4.79 Å². The first-order valence-electron chi connectivity index (χ1n) is 8.49. The second-order valence-electron chi connectivity index (χ2n) is 6.24. The second kappa shape index (κ2) is 6.59. The van der Waals surface area contributed by atoms with Crippen LogP contribution in [0.4, 0.5) is 5.69 Å². The normalized spacial score (nSPS) is 15.8. The Morgan fingerprint density at radius 2 is 2.12 bits per heavy atom. The van der Waals surface area contributed by atoms with Crippen molar-refractivity contribution in [1.82, 2.24) is 14.9 Å². The SMILES string of the molecule is Cn1c(CCNC(=O)C2COc3ccccc3O2)nc2cc(N)ccc21. The molecule has 4 rings (SSSR count). The summed E-state index contributed by atoms with van der Waals surface area (Å²) in [4.78, 5) is 16.9. The highest BCUT2D eigenvalue weighted by Crippen LogP contribution is 2.30. The van der Waals surface area contributed by atoms with Gasteiger partial charge >= 0.3 is 0 Å². The van der Waals surface area contributed by atoms with Crippen LogP contribution in [0.15, 0.2) is 42.5 Å². The Morgan fingerprint density at radius 1 is 1.31 bits per heavy atom. The van der Waals surface area contributed by atoms with Crippen LogP contribution in [0.5, 0.6) is 11.5 Å². The first-order chi connectivity index (χ1) is 12.6. The Bertz CT molecular complexity index is 967. The summed E-state index contributed by atoms with van der Waals surface area (Å²) >= 11 is 0. The Balaban J connectivity index is 1.36. The number of aromatic nitrogens is 2. The van der Waals surface area contributed by atoms with Gasteiger partial charge in [0, 0.05) is 25.7 Å². The van der Waals surface area contributed by atoms with E-state index in [1.807, 2.05) is 48.0 Å². The molecule has 1 amide bonds. The zero-order chi connectivity index (χ0) is 18.1. The van der Waals surface area contributed by atoms with Crippen LogP contribution in [0.25, 0.3) is 11.0 Å². The van der Waals surface area contributed by atoms with Crippen LogP contribution >= 0.6 is 0 Å².